The number of rotatable bonds is 7. The standard InChI is InChI=1S/C14H20BrNO2/c1-14(2,13(17)18)8-10-16-9-7-11-5-3-4-6-12(11)15/h3-6,16H,7-10H2,1-2H3,(H,17,18). The van der Waals surface area contributed by atoms with Crippen LogP contribution in [0.1, 0.15) is 25.8 Å². The van der Waals surface area contributed by atoms with Crippen LogP contribution in [0.15, 0.2) is 28.7 Å². The third kappa shape index (κ3) is 4.78. The Morgan fingerprint density at radius 3 is 2.61 bits per heavy atom. The minimum Gasteiger partial charge on any atom is -0.481 e. The molecule has 0 radical (unpaired) electrons. The third-order valence-corrected chi connectivity index (χ3v) is 3.81. The minimum absolute atomic E-state index is 0.637. The number of carboxylic acids is 1. The summed E-state index contributed by atoms with van der Waals surface area (Å²) in [4.78, 5) is 10.9. The normalized spacial score (nSPS) is 11.5. The van der Waals surface area contributed by atoms with Crippen LogP contribution < -0.4 is 5.32 Å². The predicted octanol–water partition coefficient (Wildman–Crippen LogP) is 3.08. The molecule has 0 unspecified atom stereocenters. The van der Waals surface area contributed by atoms with Crippen molar-refractivity contribution >= 4 is 21.9 Å². The van der Waals surface area contributed by atoms with Gasteiger partial charge < -0.3 is 10.4 Å². The van der Waals surface area contributed by atoms with Crippen molar-refractivity contribution in [2.24, 2.45) is 5.41 Å². The molecule has 3 nitrogen and oxygen atoms in total. The highest BCUT2D eigenvalue weighted by atomic mass is 79.9. The quantitative estimate of drug-likeness (QED) is 0.761. The Balaban J connectivity index is 2.24. The van der Waals surface area contributed by atoms with Gasteiger partial charge in [0.2, 0.25) is 0 Å². The van der Waals surface area contributed by atoms with E-state index in [1.807, 2.05) is 18.2 Å². The molecule has 0 amide bonds. The van der Waals surface area contributed by atoms with Crippen molar-refractivity contribution in [3.63, 3.8) is 0 Å². The van der Waals surface area contributed by atoms with Crippen molar-refractivity contribution in [3.05, 3.63) is 34.3 Å². The summed E-state index contributed by atoms with van der Waals surface area (Å²) < 4.78 is 1.12. The number of hydrogen-bond donors (Lipinski definition) is 2. The highest BCUT2D eigenvalue weighted by molar-refractivity contribution is 9.10. The minimum atomic E-state index is -0.741. The van der Waals surface area contributed by atoms with Gasteiger partial charge in [-0.2, -0.15) is 0 Å². The maximum absolute atomic E-state index is 10.9. The van der Waals surface area contributed by atoms with Crippen LogP contribution in [0.5, 0.6) is 0 Å². The molecular formula is C14H20BrNO2. The van der Waals surface area contributed by atoms with Crippen molar-refractivity contribution in [1.82, 2.24) is 5.32 Å². The molecule has 0 bridgehead atoms. The van der Waals surface area contributed by atoms with Gasteiger partial charge in [-0.1, -0.05) is 34.1 Å². The van der Waals surface area contributed by atoms with Crippen molar-refractivity contribution in [3.8, 4) is 0 Å². The SMILES string of the molecule is CC(C)(CCNCCc1ccccc1Br)C(=O)O. The zero-order valence-corrected chi connectivity index (χ0v) is 12.5. The van der Waals surface area contributed by atoms with E-state index in [0.717, 1.165) is 24.0 Å². The van der Waals surface area contributed by atoms with Crippen LogP contribution >= 0.6 is 15.9 Å². The van der Waals surface area contributed by atoms with Gasteiger partial charge >= 0.3 is 5.97 Å². The van der Waals surface area contributed by atoms with Gasteiger partial charge in [-0.3, -0.25) is 4.79 Å². The van der Waals surface area contributed by atoms with Gasteiger partial charge in [-0.25, -0.2) is 0 Å². The second kappa shape index (κ2) is 6.90. The molecule has 0 fully saturated rings. The van der Waals surface area contributed by atoms with E-state index in [4.69, 9.17) is 5.11 Å². The van der Waals surface area contributed by atoms with Crippen LogP contribution in [0.3, 0.4) is 0 Å². The molecule has 0 heterocycles. The molecule has 0 atom stereocenters. The predicted molar refractivity (Wildman–Crippen MR) is 76.7 cm³/mol. The smallest absolute Gasteiger partial charge is 0.309 e. The molecular weight excluding hydrogens is 294 g/mol. The summed E-state index contributed by atoms with van der Waals surface area (Å²) in [7, 11) is 0. The molecule has 4 heteroatoms. The summed E-state index contributed by atoms with van der Waals surface area (Å²) in [5, 5.41) is 12.3. The fraction of sp³-hybridized carbons (Fsp3) is 0.500. The van der Waals surface area contributed by atoms with Crippen LogP contribution in [-0.2, 0) is 11.2 Å². The first-order valence-electron chi connectivity index (χ1n) is 6.11. The first-order valence-corrected chi connectivity index (χ1v) is 6.90. The summed E-state index contributed by atoms with van der Waals surface area (Å²) in [5.41, 5.74) is 0.614. The van der Waals surface area contributed by atoms with E-state index in [9.17, 15) is 4.79 Å². The first kappa shape index (κ1) is 15.2. The summed E-state index contributed by atoms with van der Waals surface area (Å²) in [6.45, 7) is 5.09. The molecule has 0 aliphatic rings. The van der Waals surface area contributed by atoms with E-state index in [1.165, 1.54) is 5.56 Å². The van der Waals surface area contributed by atoms with Gasteiger partial charge in [-0.05, 0) is 51.4 Å². The number of aliphatic carboxylic acids is 1. The van der Waals surface area contributed by atoms with Gasteiger partial charge in [0.15, 0.2) is 0 Å². The monoisotopic (exact) mass is 313 g/mol. The Morgan fingerprint density at radius 1 is 1.33 bits per heavy atom. The summed E-state index contributed by atoms with van der Waals surface area (Å²) >= 11 is 3.51. The molecule has 0 aliphatic carbocycles. The molecule has 0 saturated heterocycles. The largest absolute Gasteiger partial charge is 0.481 e. The zero-order valence-electron chi connectivity index (χ0n) is 10.9. The number of benzene rings is 1. The molecule has 0 aliphatic heterocycles. The summed E-state index contributed by atoms with van der Waals surface area (Å²) in [5.74, 6) is -0.741. The highest BCUT2D eigenvalue weighted by Crippen LogP contribution is 2.19. The molecule has 0 saturated carbocycles. The lowest BCUT2D eigenvalue weighted by Gasteiger charge is -2.18. The average Bonchev–Trinajstić information content (AvgIpc) is 2.30. The number of hydrogen-bond acceptors (Lipinski definition) is 2. The zero-order chi connectivity index (χ0) is 13.6. The third-order valence-electron chi connectivity index (χ3n) is 3.03. The number of carboxylic acid groups (broad SMARTS) is 1. The second-order valence-electron chi connectivity index (χ2n) is 5.03. The molecule has 100 valence electrons. The molecule has 2 N–H and O–H groups in total. The Bertz CT molecular complexity index is 405. The van der Waals surface area contributed by atoms with Crippen molar-refractivity contribution in [1.29, 1.82) is 0 Å². The van der Waals surface area contributed by atoms with Gasteiger partial charge in [0.05, 0.1) is 5.41 Å². The summed E-state index contributed by atoms with van der Waals surface area (Å²) in [6, 6.07) is 8.14. The lowest BCUT2D eigenvalue weighted by molar-refractivity contribution is -0.147. The maximum Gasteiger partial charge on any atom is 0.309 e. The van der Waals surface area contributed by atoms with Crippen molar-refractivity contribution in [2.45, 2.75) is 26.7 Å². The molecule has 1 aromatic rings. The van der Waals surface area contributed by atoms with E-state index >= 15 is 0 Å². The fourth-order valence-corrected chi connectivity index (χ4v) is 2.04. The fourth-order valence-electron chi connectivity index (χ4n) is 1.56. The van der Waals surface area contributed by atoms with Crippen LogP contribution in [0, 0.1) is 5.41 Å². The average molecular weight is 314 g/mol. The van der Waals surface area contributed by atoms with E-state index in [0.29, 0.717) is 6.42 Å². The Hall–Kier alpha value is -0.870. The maximum atomic E-state index is 10.9. The molecule has 0 spiro atoms. The van der Waals surface area contributed by atoms with Crippen LogP contribution in [-0.4, -0.2) is 24.2 Å². The lowest BCUT2D eigenvalue weighted by Crippen LogP contribution is -2.29. The van der Waals surface area contributed by atoms with E-state index in [2.05, 4.69) is 27.3 Å². The van der Waals surface area contributed by atoms with Crippen molar-refractivity contribution < 1.29 is 9.90 Å². The van der Waals surface area contributed by atoms with Gasteiger partial charge in [-0.15, -0.1) is 0 Å². The lowest BCUT2D eigenvalue weighted by atomic mass is 9.90. The van der Waals surface area contributed by atoms with Gasteiger partial charge in [0, 0.05) is 4.47 Å². The van der Waals surface area contributed by atoms with Crippen LogP contribution in [0.4, 0.5) is 0 Å². The van der Waals surface area contributed by atoms with E-state index < -0.39 is 11.4 Å². The number of halogens is 1. The molecule has 18 heavy (non-hydrogen) atoms. The molecule has 0 aromatic heterocycles. The van der Waals surface area contributed by atoms with E-state index in [1.54, 1.807) is 13.8 Å². The van der Waals surface area contributed by atoms with Gasteiger partial charge in [0.1, 0.15) is 0 Å². The van der Waals surface area contributed by atoms with Crippen molar-refractivity contribution in [2.75, 3.05) is 13.1 Å². The number of carbonyl (C=O) groups is 1. The first-order chi connectivity index (χ1) is 8.43. The van der Waals surface area contributed by atoms with Crippen LogP contribution in [0.2, 0.25) is 0 Å². The highest BCUT2D eigenvalue weighted by Gasteiger charge is 2.25. The Morgan fingerprint density at radius 2 is 2.00 bits per heavy atom. The molecule has 1 aromatic carbocycles. The van der Waals surface area contributed by atoms with Gasteiger partial charge in [0.25, 0.3) is 0 Å². The van der Waals surface area contributed by atoms with Crippen LogP contribution in [0.25, 0.3) is 0 Å². The Kier molecular flexibility index (Phi) is 5.82. The molecule has 1 rings (SSSR count). The Labute approximate surface area is 117 Å². The van der Waals surface area contributed by atoms with E-state index in [-0.39, 0.29) is 0 Å². The topological polar surface area (TPSA) is 49.3 Å². The number of nitrogens with one attached hydrogen (secondary N) is 1. The summed E-state index contributed by atoms with van der Waals surface area (Å²) in [6.07, 6.45) is 1.58. The second-order valence-corrected chi connectivity index (χ2v) is 5.88.